The molecule has 1 aromatic heterocycles. The Balaban J connectivity index is 2.17. The van der Waals surface area contributed by atoms with Crippen LogP contribution in [0.1, 0.15) is 15.9 Å². The van der Waals surface area contributed by atoms with E-state index in [2.05, 4.69) is 20.9 Å². The highest BCUT2D eigenvalue weighted by atomic mass is 79.9. The molecule has 3 rings (SSSR count). The van der Waals surface area contributed by atoms with Gasteiger partial charge in [0.25, 0.3) is 0 Å². The first-order valence-corrected chi connectivity index (χ1v) is 7.17. The van der Waals surface area contributed by atoms with Gasteiger partial charge in [-0.3, -0.25) is 9.78 Å². The summed E-state index contributed by atoms with van der Waals surface area (Å²) in [7, 11) is 0. The van der Waals surface area contributed by atoms with Gasteiger partial charge in [0.1, 0.15) is 0 Å². The summed E-state index contributed by atoms with van der Waals surface area (Å²) in [6.45, 7) is 0. The molecule has 4 heteroatoms. The molecule has 0 radical (unpaired) electrons. The van der Waals surface area contributed by atoms with Crippen LogP contribution in [-0.4, -0.2) is 10.8 Å². The lowest BCUT2D eigenvalue weighted by Crippen LogP contribution is -2.02. The zero-order valence-electron chi connectivity index (χ0n) is 10.3. The van der Waals surface area contributed by atoms with Crippen molar-refractivity contribution < 1.29 is 4.79 Å². The Bertz CT molecular complexity index is 791. The number of halogens is 2. The number of carbonyl (C=O) groups excluding carboxylic acids is 1. The van der Waals surface area contributed by atoms with Crippen LogP contribution in [0.3, 0.4) is 0 Å². The van der Waals surface area contributed by atoms with Gasteiger partial charge in [0.15, 0.2) is 5.78 Å². The first-order valence-electron chi connectivity index (χ1n) is 6.00. The molecule has 98 valence electrons. The van der Waals surface area contributed by atoms with Crippen LogP contribution < -0.4 is 0 Å². The Morgan fingerprint density at radius 2 is 1.95 bits per heavy atom. The molecular weight excluding hydrogens is 338 g/mol. The van der Waals surface area contributed by atoms with Crippen LogP contribution in [0, 0.1) is 0 Å². The van der Waals surface area contributed by atoms with Crippen molar-refractivity contribution in [3.63, 3.8) is 0 Å². The van der Waals surface area contributed by atoms with Crippen molar-refractivity contribution in [1.82, 2.24) is 4.98 Å². The first-order chi connectivity index (χ1) is 9.65. The van der Waals surface area contributed by atoms with E-state index in [9.17, 15) is 4.79 Å². The van der Waals surface area contributed by atoms with Crippen molar-refractivity contribution in [2.75, 3.05) is 0 Å². The molecular formula is C16H9BrClNO. The zero-order valence-corrected chi connectivity index (χ0v) is 12.6. The summed E-state index contributed by atoms with van der Waals surface area (Å²) in [6, 6.07) is 14.4. The number of pyridine rings is 1. The second kappa shape index (κ2) is 5.35. The highest BCUT2D eigenvalue weighted by Gasteiger charge is 2.13. The monoisotopic (exact) mass is 345 g/mol. The fourth-order valence-corrected chi connectivity index (χ4v) is 3.00. The highest BCUT2D eigenvalue weighted by molar-refractivity contribution is 9.10. The third-order valence-electron chi connectivity index (χ3n) is 3.02. The number of nitrogens with zero attached hydrogens (tertiary/aromatic N) is 1. The van der Waals surface area contributed by atoms with E-state index in [1.165, 1.54) is 0 Å². The lowest BCUT2D eigenvalue weighted by Gasteiger charge is -2.06. The van der Waals surface area contributed by atoms with E-state index in [4.69, 9.17) is 11.6 Å². The third kappa shape index (κ3) is 2.47. The molecule has 0 saturated heterocycles. The second-order valence-electron chi connectivity index (χ2n) is 4.36. The Morgan fingerprint density at radius 3 is 2.75 bits per heavy atom. The lowest BCUT2D eigenvalue weighted by molar-refractivity contribution is 0.104. The Labute approximate surface area is 129 Å². The number of ketones is 1. The zero-order chi connectivity index (χ0) is 14.1. The van der Waals surface area contributed by atoms with Crippen LogP contribution in [0.2, 0.25) is 5.02 Å². The molecule has 0 unspecified atom stereocenters. The molecule has 0 N–H and O–H groups in total. The molecule has 0 bridgehead atoms. The van der Waals surface area contributed by atoms with E-state index in [0.29, 0.717) is 16.1 Å². The highest BCUT2D eigenvalue weighted by Crippen LogP contribution is 2.24. The van der Waals surface area contributed by atoms with Crippen LogP contribution in [-0.2, 0) is 0 Å². The Morgan fingerprint density at radius 1 is 1.10 bits per heavy atom. The van der Waals surface area contributed by atoms with E-state index >= 15 is 0 Å². The number of carbonyl (C=O) groups is 1. The Kier molecular flexibility index (Phi) is 3.55. The average molecular weight is 347 g/mol. The molecule has 0 atom stereocenters. The molecule has 0 spiro atoms. The predicted octanol–water partition coefficient (Wildman–Crippen LogP) is 4.88. The largest absolute Gasteiger partial charge is 0.289 e. The van der Waals surface area contributed by atoms with E-state index < -0.39 is 0 Å². The molecule has 3 aromatic rings. The molecule has 0 fully saturated rings. The van der Waals surface area contributed by atoms with E-state index in [-0.39, 0.29) is 5.78 Å². The van der Waals surface area contributed by atoms with E-state index in [1.807, 2.05) is 24.3 Å². The van der Waals surface area contributed by atoms with Crippen molar-refractivity contribution in [3.8, 4) is 0 Å². The fourth-order valence-electron chi connectivity index (χ4n) is 2.14. The van der Waals surface area contributed by atoms with Crippen LogP contribution >= 0.6 is 27.5 Å². The third-order valence-corrected chi connectivity index (χ3v) is 3.69. The maximum absolute atomic E-state index is 12.7. The normalized spacial score (nSPS) is 10.7. The standard InChI is InChI=1S/C16H9BrClNO/c17-11-7-10(8-12(18)9-11)16(20)14-3-1-5-15-13(14)4-2-6-19-15/h1-9H. The minimum atomic E-state index is -0.0631. The number of hydrogen-bond acceptors (Lipinski definition) is 2. The van der Waals surface area contributed by atoms with Crippen LogP contribution in [0.25, 0.3) is 10.9 Å². The van der Waals surface area contributed by atoms with Crippen LogP contribution in [0.5, 0.6) is 0 Å². The van der Waals surface area contributed by atoms with Gasteiger partial charge in [0.05, 0.1) is 5.52 Å². The number of benzene rings is 2. The summed E-state index contributed by atoms with van der Waals surface area (Å²) in [4.78, 5) is 16.9. The maximum atomic E-state index is 12.7. The first kappa shape index (κ1) is 13.3. The van der Waals surface area contributed by atoms with E-state index in [1.54, 1.807) is 30.5 Å². The molecule has 2 nitrogen and oxygen atoms in total. The number of aromatic nitrogens is 1. The molecule has 20 heavy (non-hydrogen) atoms. The number of rotatable bonds is 2. The number of fused-ring (bicyclic) bond motifs is 1. The minimum Gasteiger partial charge on any atom is -0.289 e. The summed E-state index contributed by atoms with van der Waals surface area (Å²) in [5, 5.41) is 1.37. The van der Waals surface area contributed by atoms with Crippen molar-refractivity contribution in [3.05, 3.63) is 75.4 Å². The van der Waals surface area contributed by atoms with E-state index in [0.717, 1.165) is 15.4 Å². The molecule has 0 saturated carbocycles. The molecule has 0 aliphatic rings. The predicted molar refractivity (Wildman–Crippen MR) is 84.3 cm³/mol. The van der Waals surface area contributed by atoms with Gasteiger partial charge in [-0.25, -0.2) is 0 Å². The molecule has 2 aromatic carbocycles. The van der Waals surface area contributed by atoms with Crippen molar-refractivity contribution in [2.24, 2.45) is 0 Å². The van der Waals surface area contributed by atoms with Crippen molar-refractivity contribution >= 4 is 44.2 Å². The SMILES string of the molecule is O=C(c1cc(Cl)cc(Br)c1)c1cccc2ncccc12. The smallest absolute Gasteiger partial charge is 0.193 e. The Hall–Kier alpha value is -1.71. The maximum Gasteiger partial charge on any atom is 0.193 e. The van der Waals surface area contributed by atoms with Gasteiger partial charge in [-0.1, -0.05) is 45.7 Å². The summed E-state index contributed by atoms with van der Waals surface area (Å²) in [6.07, 6.45) is 1.71. The summed E-state index contributed by atoms with van der Waals surface area (Å²) < 4.78 is 0.784. The van der Waals surface area contributed by atoms with Crippen LogP contribution in [0.4, 0.5) is 0 Å². The molecule has 1 heterocycles. The van der Waals surface area contributed by atoms with Gasteiger partial charge in [-0.15, -0.1) is 0 Å². The molecule has 0 aliphatic heterocycles. The van der Waals surface area contributed by atoms with Gasteiger partial charge < -0.3 is 0 Å². The summed E-state index contributed by atoms with van der Waals surface area (Å²) >= 11 is 9.36. The topological polar surface area (TPSA) is 30.0 Å². The molecule has 0 amide bonds. The van der Waals surface area contributed by atoms with Gasteiger partial charge in [0.2, 0.25) is 0 Å². The summed E-state index contributed by atoms with van der Waals surface area (Å²) in [5.74, 6) is -0.0631. The molecule has 0 aliphatic carbocycles. The van der Waals surface area contributed by atoms with Crippen molar-refractivity contribution in [2.45, 2.75) is 0 Å². The summed E-state index contributed by atoms with van der Waals surface area (Å²) in [5.41, 5.74) is 1.99. The average Bonchev–Trinajstić information content (AvgIpc) is 2.45. The van der Waals surface area contributed by atoms with Crippen LogP contribution in [0.15, 0.2) is 59.2 Å². The minimum absolute atomic E-state index is 0.0631. The fraction of sp³-hybridized carbons (Fsp3) is 0. The van der Waals surface area contributed by atoms with Gasteiger partial charge >= 0.3 is 0 Å². The van der Waals surface area contributed by atoms with Gasteiger partial charge in [0, 0.05) is 32.2 Å². The lowest BCUT2D eigenvalue weighted by atomic mass is 9.99. The van der Waals surface area contributed by atoms with Gasteiger partial charge in [-0.05, 0) is 30.3 Å². The quantitative estimate of drug-likeness (QED) is 0.619. The second-order valence-corrected chi connectivity index (χ2v) is 5.72. The van der Waals surface area contributed by atoms with Gasteiger partial charge in [-0.2, -0.15) is 0 Å². The number of hydrogen-bond donors (Lipinski definition) is 0. The van der Waals surface area contributed by atoms with Crippen molar-refractivity contribution in [1.29, 1.82) is 0 Å².